The van der Waals surface area contributed by atoms with Gasteiger partial charge in [-0.2, -0.15) is 10.2 Å². The number of amides is 2. The molecule has 8 heteroatoms. The Balaban J connectivity index is 1.83. The fourth-order valence-corrected chi connectivity index (χ4v) is 2.85. The highest BCUT2D eigenvalue weighted by molar-refractivity contribution is 6.39. The summed E-state index contributed by atoms with van der Waals surface area (Å²) in [7, 11) is 3.45. The molecular weight excluding hydrogens is 284 g/mol. The molecule has 2 amide bonds. The molecule has 3 heterocycles. The summed E-state index contributed by atoms with van der Waals surface area (Å²) in [5, 5.41) is 12.9. The van der Waals surface area contributed by atoms with Gasteiger partial charge in [-0.05, 0) is 0 Å². The van der Waals surface area contributed by atoms with Gasteiger partial charge in [-0.25, -0.2) is 5.01 Å². The van der Waals surface area contributed by atoms with Crippen LogP contribution in [0.15, 0.2) is 17.5 Å². The second kappa shape index (κ2) is 5.88. The van der Waals surface area contributed by atoms with Crippen LogP contribution >= 0.6 is 0 Å². The average Bonchev–Trinajstić information content (AvgIpc) is 2.96. The lowest BCUT2D eigenvalue weighted by Gasteiger charge is -2.36. The Hall–Kier alpha value is -2.22. The monoisotopic (exact) mass is 304 g/mol. The first kappa shape index (κ1) is 14.7. The summed E-state index contributed by atoms with van der Waals surface area (Å²) < 4.78 is 1.73. The molecular formula is C14H20N6O2. The number of carbonyl (C=O) groups excluding carboxylic acids is 2. The quantitative estimate of drug-likeness (QED) is 0.798. The maximum absolute atomic E-state index is 12.8. The molecule has 118 valence electrons. The van der Waals surface area contributed by atoms with E-state index in [2.05, 4.69) is 15.5 Å². The van der Waals surface area contributed by atoms with Crippen molar-refractivity contribution in [2.45, 2.75) is 18.9 Å². The summed E-state index contributed by atoms with van der Waals surface area (Å²) in [5.41, 5.74) is 1.46. The van der Waals surface area contributed by atoms with Crippen molar-refractivity contribution >= 4 is 17.5 Å². The van der Waals surface area contributed by atoms with Gasteiger partial charge in [0.2, 0.25) is 5.91 Å². The summed E-state index contributed by atoms with van der Waals surface area (Å²) in [6.45, 7) is 2.07. The van der Waals surface area contributed by atoms with Crippen LogP contribution in [-0.2, 0) is 16.6 Å². The number of hydrazone groups is 1. The second-order valence-electron chi connectivity index (χ2n) is 5.63. The predicted octanol–water partition coefficient (Wildman–Crippen LogP) is -0.499. The number of carbonyl (C=O) groups is 2. The zero-order valence-electron chi connectivity index (χ0n) is 12.8. The van der Waals surface area contributed by atoms with E-state index in [1.807, 2.05) is 18.1 Å². The molecule has 3 rings (SSSR count). The van der Waals surface area contributed by atoms with Gasteiger partial charge in [-0.1, -0.05) is 0 Å². The van der Waals surface area contributed by atoms with Gasteiger partial charge in [0, 0.05) is 58.3 Å². The smallest absolute Gasteiger partial charge is 0.270 e. The normalized spacial score (nSPS) is 22.7. The van der Waals surface area contributed by atoms with E-state index < -0.39 is 0 Å². The summed E-state index contributed by atoms with van der Waals surface area (Å²) in [5.74, 6) is -0.143. The number of aromatic nitrogens is 2. The molecule has 0 aliphatic carbocycles. The van der Waals surface area contributed by atoms with Crippen LogP contribution in [0.3, 0.4) is 0 Å². The topological polar surface area (TPSA) is 82.8 Å². The van der Waals surface area contributed by atoms with Crippen LogP contribution in [0.25, 0.3) is 0 Å². The van der Waals surface area contributed by atoms with Gasteiger partial charge in [0.05, 0.1) is 12.2 Å². The number of nitrogens with zero attached hydrogens (tertiary/aromatic N) is 5. The van der Waals surface area contributed by atoms with Gasteiger partial charge in [-0.15, -0.1) is 0 Å². The van der Waals surface area contributed by atoms with E-state index in [1.165, 1.54) is 5.01 Å². The Morgan fingerprint density at radius 3 is 2.86 bits per heavy atom. The van der Waals surface area contributed by atoms with Gasteiger partial charge in [0.15, 0.2) is 0 Å². The maximum Gasteiger partial charge on any atom is 0.270 e. The Bertz CT molecular complexity index is 623. The number of hydrogen-bond donors (Lipinski definition) is 1. The van der Waals surface area contributed by atoms with E-state index in [1.54, 1.807) is 17.9 Å². The van der Waals surface area contributed by atoms with Crippen molar-refractivity contribution in [3.05, 3.63) is 18.0 Å². The molecule has 1 saturated heterocycles. The SMILES string of the molecule is CN1N=C(C(=O)N2CCNCC2c2cnn(C)c2)CCC1=O. The molecule has 1 aromatic rings. The third kappa shape index (κ3) is 2.74. The lowest BCUT2D eigenvalue weighted by atomic mass is 10.0. The first-order valence-electron chi connectivity index (χ1n) is 7.40. The summed E-state index contributed by atoms with van der Waals surface area (Å²) >= 11 is 0. The third-order valence-electron chi connectivity index (χ3n) is 4.07. The molecule has 0 spiro atoms. The van der Waals surface area contributed by atoms with E-state index in [9.17, 15) is 9.59 Å². The van der Waals surface area contributed by atoms with Crippen LogP contribution in [0.5, 0.6) is 0 Å². The van der Waals surface area contributed by atoms with E-state index in [0.29, 0.717) is 31.6 Å². The third-order valence-corrected chi connectivity index (χ3v) is 4.07. The van der Waals surface area contributed by atoms with Gasteiger partial charge in [0.25, 0.3) is 5.91 Å². The Morgan fingerprint density at radius 1 is 1.36 bits per heavy atom. The first-order valence-corrected chi connectivity index (χ1v) is 7.40. The number of piperazine rings is 1. The van der Waals surface area contributed by atoms with Crippen LogP contribution < -0.4 is 5.32 Å². The Kier molecular flexibility index (Phi) is 3.93. The molecule has 22 heavy (non-hydrogen) atoms. The summed E-state index contributed by atoms with van der Waals surface area (Å²) in [4.78, 5) is 26.1. The van der Waals surface area contributed by atoms with Gasteiger partial charge >= 0.3 is 0 Å². The summed E-state index contributed by atoms with van der Waals surface area (Å²) in [6.07, 6.45) is 4.46. The molecule has 1 fully saturated rings. The van der Waals surface area contributed by atoms with Crippen molar-refractivity contribution in [3.63, 3.8) is 0 Å². The highest BCUT2D eigenvalue weighted by Gasteiger charge is 2.33. The molecule has 1 N–H and O–H groups in total. The molecule has 1 unspecified atom stereocenters. The molecule has 8 nitrogen and oxygen atoms in total. The van der Waals surface area contributed by atoms with Crippen molar-refractivity contribution in [2.24, 2.45) is 12.1 Å². The molecule has 2 aliphatic heterocycles. The fraction of sp³-hybridized carbons (Fsp3) is 0.571. The highest BCUT2D eigenvalue weighted by Crippen LogP contribution is 2.23. The zero-order valence-corrected chi connectivity index (χ0v) is 12.8. The second-order valence-corrected chi connectivity index (χ2v) is 5.63. The predicted molar refractivity (Wildman–Crippen MR) is 80.0 cm³/mol. The molecule has 1 aromatic heterocycles. The lowest BCUT2D eigenvalue weighted by Crippen LogP contribution is -2.51. The Labute approximate surface area is 128 Å². The van der Waals surface area contributed by atoms with Crippen molar-refractivity contribution < 1.29 is 9.59 Å². The van der Waals surface area contributed by atoms with Crippen molar-refractivity contribution in [1.82, 2.24) is 25.0 Å². The lowest BCUT2D eigenvalue weighted by molar-refractivity contribution is -0.131. The van der Waals surface area contributed by atoms with Crippen LogP contribution in [0.1, 0.15) is 24.4 Å². The number of aryl methyl sites for hydroxylation is 1. The van der Waals surface area contributed by atoms with Gasteiger partial charge in [-0.3, -0.25) is 14.3 Å². The minimum absolute atomic E-state index is 0.0549. The van der Waals surface area contributed by atoms with Gasteiger partial charge in [0.1, 0.15) is 5.71 Å². The molecule has 1 atom stereocenters. The van der Waals surface area contributed by atoms with Crippen LogP contribution in [0.4, 0.5) is 0 Å². The first-order chi connectivity index (χ1) is 10.6. The summed E-state index contributed by atoms with van der Waals surface area (Å²) in [6, 6.07) is -0.0550. The molecule has 2 aliphatic rings. The van der Waals surface area contributed by atoms with E-state index in [4.69, 9.17) is 0 Å². The fourth-order valence-electron chi connectivity index (χ4n) is 2.85. The van der Waals surface area contributed by atoms with E-state index >= 15 is 0 Å². The molecule has 0 radical (unpaired) electrons. The molecule has 0 aromatic carbocycles. The number of rotatable bonds is 2. The largest absolute Gasteiger partial charge is 0.328 e. The van der Waals surface area contributed by atoms with Gasteiger partial charge < -0.3 is 10.2 Å². The van der Waals surface area contributed by atoms with Crippen molar-refractivity contribution in [1.29, 1.82) is 0 Å². The maximum atomic E-state index is 12.8. The van der Waals surface area contributed by atoms with Crippen LogP contribution in [0, 0.1) is 0 Å². The number of nitrogens with one attached hydrogen (secondary N) is 1. The zero-order chi connectivity index (χ0) is 15.7. The minimum Gasteiger partial charge on any atom is -0.328 e. The standard InChI is InChI=1S/C14H20N6O2/c1-18-9-10(7-16-18)12-8-15-5-6-20(12)14(22)11-3-4-13(21)19(2)17-11/h7,9,12,15H,3-6,8H2,1-2H3. The van der Waals surface area contributed by atoms with Crippen molar-refractivity contribution in [3.8, 4) is 0 Å². The van der Waals surface area contributed by atoms with E-state index in [-0.39, 0.29) is 17.9 Å². The molecule has 0 saturated carbocycles. The molecule has 0 bridgehead atoms. The Morgan fingerprint density at radius 2 is 2.18 bits per heavy atom. The van der Waals surface area contributed by atoms with Crippen LogP contribution in [-0.4, -0.2) is 63.9 Å². The van der Waals surface area contributed by atoms with E-state index in [0.717, 1.165) is 12.1 Å². The van der Waals surface area contributed by atoms with Crippen molar-refractivity contribution in [2.75, 3.05) is 26.7 Å². The average molecular weight is 304 g/mol. The highest BCUT2D eigenvalue weighted by atomic mass is 16.2. The van der Waals surface area contributed by atoms with Crippen LogP contribution in [0.2, 0.25) is 0 Å². The number of hydrogen-bond acceptors (Lipinski definition) is 5. The minimum atomic E-state index is -0.0882.